The summed E-state index contributed by atoms with van der Waals surface area (Å²) in [7, 11) is 0. The Kier molecular flexibility index (Phi) is 3.91. The summed E-state index contributed by atoms with van der Waals surface area (Å²) in [6.07, 6.45) is -0.289. The summed E-state index contributed by atoms with van der Waals surface area (Å²) in [6, 6.07) is 10.5. The monoisotopic (exact) mass is 269 g/mol. The molecular weight excluding hydrogens is 258 g/mol. The highest BCUT2D eigenvalue weighted by Crippen LogP contribution is 2.12. The third-order valence-electron chi connectivity index (χ3n) is 2.62. The highest BCUT2D eigenvalue weighted by atomic mass is 16.4. The number of nitriles is 1. The molecule has 100 valence electrons. The number of rotatable bonds is 3. The first-order valence-electron chi connectivity index (χ1n) is 5.85. The molecule has 0 fully saturated rings. The SMILES string of the molecule is C/C(=N\NC(=O)CC#N)c1cc2ccccc2oc1=O. The van der Waals surface area contributed by atoms with Crippen LogP contribution in [0.5, 0.6) is 0 Å². The summed E-state index contributed by atoms with van der Waals surface area (Å²) in [6.45, 7) is 1.58. The number of amides is 1. The van der Waals surface area contributed by atoms with E-state index in [0.717, 1.165) is 5.39 Å². The maximum atomic E-state index is 11.8. The molecule has 0 aliphatic carbocycles. The van der Waals surface area contributed by atoms with E-state index in [-0.39, 0.29) is 12.0 Å². The molecule has 0 saturated heterocycles. The summed E-state index contributed by atoms with van der Waals surface area (Å²) in [4.78, 5) is 23.0. The van der Waals surface area contributed by atoms with Crippen LogP contribution in [0, 0.1) is 11.3 Å². The minimum Gasteiger partial charge on any atom is -0.422 e. The number of hydrazone groups is 1. The number of hydrogen-bond donors (Lipinski definition) is 1. The summed E-state index contributed by atoms with van der Waals surface area (Å²) >= 11 is 0. The Hall–Kier alpha value is -2.94. The molecular formula is C14H11N3O3. The van der Waals surface area contributed by atoms with Crippen LogP contribution in [0.3, 0.4) is 0 Å². The third-order valence-corrected chi connectivity index (χ3v) is 2.62. The normalized spacial score (nSPS) is 11.1. The van der Waals surface area contributed by atoms with Crippen LogP contribution in [0.1, 0.15) is 18.9 Å². The van der Waals surface area contributed by atoms with Crippen molar-refractivity contribution in [2.75, 3.05) is 0 Å². The van der Waals surface area contributed by atoms with Crippen LogP contribution < -0.4 is 11.1 Å². The molecule has 0 aliphatic rings. The van der Waals surface area contributed by atoms with Crippen molar-refractivity contribution < 1.29 is 9.21 Å². The Morgan fingerprint density at radius 1 is 1.45 bits per heavy atom. The van der Waals surface area contributed by atoms with Gasteiger partial charge in [0.2, 0.25) is 0 Å². The Morgan fingerprint density at radius 2 is 2.20 bits per heavy atom. The van der Waals surface area contributed by atoms with Crippen LogP contribution in [0.2, 0.25) is 0 Å². The Bertz CT molecular complexity index is 784. The van der Waals surface area contributed by atoms with Crippen LogP contribution in [0.15, 0.2) is 44.6 Å². The maximum Gasteiger partial charge on any atom is 0.345 e. The lowest BCUT2D eigenvalue weighted by Crippen LogP contribution is -2.20. The molecule has 2 aromatic rings. The zero-order chi connectivity index (χ0) is 14.5. The largest absolute Gasteiger partial charge is 0.422 e. The van der Waals surface area contributed by atoms with Gasteiger partial charge >= 0.3 is 5.63 Å². The van der Waals surface area contributed by atoms with Crippen molar-refractivity contribution in [3.05, 3.63) is 46.3 Å². The van der Waals surface area contributed by atoms with Crippen LogP contribution in [-0.4, -0.2) is 11.6 Å². The number of nitrogens with zero attached hydrogens (tertiary/aromatic N) is 2. The van der Waals surface area contributed by atoms with Crippen LogP contribution in [-0.2, 0) is 4.79 Å². The van der Waals surface area contributed by atoms with Crippen molar-refractivity contribution >= 4 is 22.6 Å². The average molecular weight is 269 g/mol. The molecule has 6 nitrogen and oxygen atoms in total. The molecule has 2 rings (SSSR count). The van der Waals surface area contributed by atoms with Gasteiger partial charge in [0.05, 0.1) is 17.3 Å². The molecule has 0 unspecified atom stereocenters. The van der Waals surface area contributed by atoms with Gasteiger partial charge in [-0.1, -0.05) is 18.2 Å². The first-order chi connectivity index (χ1) is 9.61. The van der Waals surface area contributed by atoms with E-state index in [2.05, 4.69) is 10.5 Å². The van der Waals surface area contributed by atoms with E-state index in [1.807, 2.05) is 12.1 Å². The first kappa shape index (κ1) is 13.5. The molecule has 0 bridgehead atoms. The fourth-order valence-corrected chi connectivity index (χ4v) is 1.63. The van der Waals surface area contributed by atoms with Crippen molar-refractivity contribution in [2.45, 2.75) is 13.3 Å². The Morgan fingerprint density at radius 3 is 2.95 bits per heavy atom. The molecule has 6 heteroatoms. The van der Waals surface area contributed by atoms with Crippen molar-refractivity contribution in [3.63, 3.8) is 0 Å². The molecule has 1 aromatic heterocycles. The third kappa shape index (κ3) is 2.90. The van der Waals surface area contributed by atoms with Crippen molar-refractivity contribution in [2.24, 2.45) is 5.10 Å². The molecule has 0 radical (unpaired) electrons. The molecule has 0 aliphatic heterocycles. The summed E-state index contributed by atoms with van der Waals surface area (Å²) < 4.78 is 5.17. The number of carbonyl (C=O) groups excluding carboxylic acids is 1. The summed E-state index contributed by atoms with van der Waals surface area (Å²) in [5, 5.41) is 12.9. The molecule has 0 atom stereocenters. The van der Waals surface area contributed by atoms with Gasteiger partial charge in [0.1, 0.15) is 12.0 Å². The quantitative estimate of drug-likeness (QED) is 0.519. The molecule has 1 amide bonds. The average Bonchev–Trinajstić information content (AvgIpc) is 2.44. The second-order valence-corrected chi connectivity index (χ2v) is 4.05. The topological polar surface area (TPSA) is 95.5 Å². The lowest BCUT2D eigenvalue weighted by Gasteiger charge is -2.02. The predicted octanol–water partition coefficient (Wildman–Crippen LogP) is 1.55. The van der Waals surface area contributed by atoms with Gasteiger partial charge in [-0.15, -0.1) is 0 Å². The Labute approximate surface area is 114 Å². The van der Waals surface area contributed by atoms with Crippen LogP contribution >= 0.6 is 0 Å². The highest BCUT2D eigenvalue weighted by Gasteiger charge is 2.08. The molecule has 0 saturated carbocycles. The van der Waals surface area contributed by atoms with E-state index in [4.69, 9.17) is 9.68 Å². The zero-order valence-corrected chi connectivity index (χ0v) is 10.7. The predicted molar refractivity (Wildman–Crippen MR) is 73.1 cm³/mol. The number of fused-ring (bicyclic) bond motifs is 1. The van der Waals surface area contributed by atoms with E-state index >= 15 is 0 Å². The molecule has 1 heterocycles. The van der Waals surface area contributed by atoms with Crippen molar-refractivity contribution in [3.8, 4) is 6.07 Å². The minimum atomic E-state index is -0.531. The maximum absolute atomic E-state index is 11.8. The van der Waals surface area contributed by atoms with Crippen molar-refractivity contribution in [1.29, 1.82) is 5.26 Å². The van der Waals surface area contributed by atoms with E-state index in [1.54, 1.807) is 31.2 Å². The smallest absolute Gasteiger partial charge is 0.345 e. The highest BCUT2D eigenvalue weighted by molar-refractivity contribution is 6.00. The number of benzene rings is 1. The van der Waals surface area contributed by atoms with Gasteiger partial charge in [0, 0.05) is 5.39 Å². The van der Waals surface area contributed by atoms with E-state index in [9.17, 15) is 9.59 Å². The van der Waals surface area contributed by atoms with Crippen LogP contribution in [0.4, 0.5) is 0 Å². The van der Waals surface area contributed by atoms with Crippen molar-refractivity contribution in [1.82, 2.24) is 5.43 Å². The zero-order valence-electron chi connectivity index (χ0n) is 10.7. The van der Waals surface area contributed by atoms with Gasteiger partial charge in [-0.25, -0.2) is 10.2 Å². The fraction of sp³-hybridized carbons (Fsp3) is 0.143. The lowest BCUT2D eigenvalue weighted by molar-refractivity contribution is -0.120. The Balaban J connectivity index is 2.35. The van der Waals surface area contributed by atoms with E-state index in [1.165, 1.54) is 0 Å². The molecule has 1 N–H and O–H groups in total. The van der Waals surface area contributed by atoms with E-state index < -0.39 is 11.5 Å². The number of nitrogens with one attached hydrogen (secondary N) is 1. The number of carbonyl (C=O) groups is 1. The molecule has 20 heavy (non-hydrogen) atoms. The van der Waals surface area contributed by atoms with Gasteiger partial charge in [0.25, 0.3) is 5.91 Å². The number of hydrogen-bond acceptors (Lipinski definition) is 5. The first-order valence-corrected chi connectivity index (χ1v) is 5.85. The van der Waals surface area contributed by atoms with Gasteiger partial charge in [-0.3, -0.25) is 4.79 Å². The second kappa shape index (κ2) is 5.80. The second-order valence-electron chi connectivity index (χ2n) is 4.05. The lowest BCUT2D eigenvalue weighted by atomic mass is 10.1. The van der Waals surface area contributed by atoms with Gasteiger partial charge in [-0.05, 0) is 19.1 Å². The van der Waals surface area contributed by atoms with Crippen LogP contribution in [0.25, 0.3) is 11.0 Å². The van der Waals surface area contributed by atoms with Gasteiger partial charge < -0.3 is 4.42 Å². The van der Waals surface area contributed by atoms with Gasteiger partial charge in [-0.2, -0.15) is 10.4 Å². The van der Waals surface area contributed by atoms with E-state index in [0.29, 0.717) is 11.3 Å². The standard InChI is InChI=1S/C14H11N3O3/c1-9(16-17-13(18)6-7-15)11-8-10-4-2-3-5-12(10)20-14(11)19/h2-5,8H,6H2,1H3,(H,17,18)/b16-9+. The number of para-hydroxylation sites is 1. The molecule has 1 aromatic carbocycles. The summed E-state index contributed by atoms with van der Waals surface area (Å²) in [5.74, 6) is -0.531. The van der Waals surface area contributed by atoms with Gasteiger partial charge in [0.15, 0.2) is 0 Å². The summed E-state index contributed by atoms with van der Waals surface area (Å²) in [5.41, 5.74) is 2.74. The fourth-order valence-electron chi connectivity index (χ4n) is 1.63. The minimum absolute atomic E-state index is 0.265. The molecule has 0 spiro atoms.